The lowest BCUT2D eigenvalue weighted by Crippen LogP contribution is -2.16. The molecule has 0 fully saturated rings. The predicted molar refractivity (Wildman–Crippen MR) is 106 cm³/mol. The maximum absolute atomic E-state index is 13.8. The second kappa shape index (κ2) is 8.15. The summed E-state index contributed by atoms with van der Waals surface area (Å²) in [5.74, 6) is -1.02. The fraction of sp³-hybridized carbons (Fsp3) is 0.0588. The fourth-order valence-electron chi connectivity index (χ4n) is 2.16. The maximum atomic E-state index is 13.8. The monoisotopic (exact) mass is 469 g/mol. The Morgan fingerprint density at radius 2 is 1.93 bits per heavy atom. The first-order valence-corrected chi connectivity index (χ1v) is 10.8. The van der Waals surface area contributed by atoms with Gasteiger partial charge in [-0.3, -0.25) is 9.52 Å². The van der Waals surface area contributed by atoms with Crippen LogP contribution in [0.4, 0.5) is 15.2 Å². The van der Waals surface area contributed by atoms with E-state index in [0.717, 1.165) is 11.3 Å². The van der Waals surface area contributed by atoms with Crippen molar-refractivity contribution in [1.29, 1.82) is 0 Å². The quantitative estimate of drug-likeness (QED) is 0.570. The number of nitrogens with zero attached hydrogens (tertiary/aromatic N) is 1. The zero-order valence-electron chi connectivity index (χ0n) is 13.6. The summed E-state index contributed by atoms with van der Waals surface area (Å²) in [6, 6.07) is 12.2. The molecule has 0 saturated carbocycles. The molecule has 27 heavy (non-hydrogen) atoms. The van der Waals surface area contributed by atoms with Gasteiger partial charge in [0.25, 0.3) is 10.0 Å². The first-order valence-electron chi connectivity index (χ1n) is 7.61. The van der Waals surface area contributed by atoms with Crippen LogP contribution in [0.2, 0.25) is 0 Å². The normalized spacial score (nSPS) is 11.2. The van der Waals surface area contributed by atoms with Gasteiger partial charge in [0.2, 0.25) is 5.91 Å². The number of amides is 1. The number of carbonyl (C=O) groups is 1. The van der Waals surface area contributed by atoms with Gasteiger partial charge < -0.3 is 5.32 Å². The number of nitrogens with one attached hydrogen (secondary N) is 2. The van der Waals surface area contributed by atoms with Crippen LogP contribution in [0.3, 0.4) is 0 Å². The third kappa shape index (κ3) is 5.12. The highest BCUT2D eigenvalue weighted by atomic mass is 79.9. The summed E-state index contributed by atoms with van der Waals surface area (Å²) in [7, 11) is -3.74. The van der Waals surface area contributed by atoms with Gasteiger partial charge in [0.1, 0.15) is 5.82 Å². The van der Waals surface area contributed by atoms with Crippen LogP contribution in [-0.4, -0.2) is 19.3 Å². The van der Waals surface area contributed by atoms with Gasteiger partial charge in [0.05, 0.1) is 22.7 Å². The molecular formula is C17H13BrFN3O3S2. The minimum Gasteiger partial charge on any atom is -0.323 e. The second-order valence-corrected chi connectivity index (χ2v) is 8.87. The summed E-state index contributed by atoms with van der Waals surface area (Å²) in [6.07, 6.45) is -0.112. The van der Waals surface area contributed by atoms with Gasteiger partial charge in [-0.05, 0) is 30.3 Å². The number of hydrogen-bond donors (Lipinski definition) is 2. The Morgan fingerprint density at radius 3 is 2.63 bits per heavy atom. The number of aromatic nitrogens is 1. The second-order valence-electron chi connectivity index (χ2n) is 5.41. The number of benzene rings is 2. The summed E-state index contributed by atoms with van der Waals surface area (Å²) < 4.78 is 41.2. The van der Waals surface area contributed by atoms with Crippen LogP contribution in [0.25, 0.3) is 0 Å². The third-order valence-electron chi connectivity index (χ3n) is 3.37. The standard InChI is InChI=1S/C17H13BrFN3O3S2/c18-11-6-7-15(14(19)8-11)21-16(23)9-12-10-26-17(20-12)22-27(24,25)13-4-2-1-3-5-13/h1-8,10H,9H2,(H,20,22)(H,21,23). The smallest absolute Gasteiger partial charge is 0.263 e. The number of carbonyl (C=O) groups excluding carboxylic acids is 1. The van der Waals surface area contributed by atoms with Crippen LogP contribution < -0.4 is 10.0 Å². The zero-order valence-corrected chi connectivity index (χ0v) is 16.9. The number of rotatable bonds is 6. The van der Waals surface area contributed by atoms with Crippen LogP contribution in [0, 0.1) is 5.82 Å². The summed E-state index contributed by atoms with van der Waals surface area (Å²) in [6.45, 7) is 0. The van der Waals surface area contributed by atoms with Gasteiger partial charge in [-0.15, -0.1) is 11.3 Å². The summed E-state index contributed by atoms with van der Waals surface area (Å²) in [5, 5.41) is 4.18. The first kappa shape index (κ1) is 19.5. The van der Waals surface area contributed by atoms with E-state index in [-0.39, 0.29) is 22.1 Å². The minimum atomic E-state index is -3.74. The van der Waals surface area contributed by atoms with Gasteiger partial charge in [0, 0.05) is 9.85 Å². The predicted octanol–water partition coefficient (Wildman–Crippen LogP) is 4.03. The van der Waals surface area contributed by atoms with Crippen molar-refractivity contribution in [2.45, 2.75) is 11.3 Å². The van der Waals surface area contributed by atoms with Crippen LogP contribution in [0.1, 0.15) is 5.69 Å². The number of halogens is 2. The highest BCUT2D eigenvalue weighted by Crippen LogP contribution is 2.22. The van der Waals surface area contributed by atoms with E-state index in [9.17, 15) is 17.6 Å². The fourth-order valence-corrected chi connectivity index (χ4v) is 4.48. The largest absolute Gasteiger partial charge is 0.323 e. The number of sulfonamides is 1. The number of thiazole rings is 1. The van der Waals surface area contributed by atoms with E-state index < -0.39 is 21.7 Å². The Morgan fingerprint density at radius 1 is 1.19 bits per heavy atom. The molecule has 0 radical (unpaired) electrons. The van der Waals surface area contributed by atoms with Crippen LogP contribution in [0.5, 0.6) is 0 Å². The van der Waals surface area contributed by atoms with E-state index >= 15 is 0 Å². The molecule has 0 saturated heterocycles. The molecule has 1 amide bonds. The zero-order chi connectivity index (χ0) is 19.4. The molecule has 3 aromatic rings. The molecule has 3 rings (SSSR count). The van der Waals surface area contributed by atoms with E-state index in [1.165, 1.54) is 24.3 Å². The molecule has 0 aliphatic carbocycles. The Kier molecular flexibility index (Phi) is 5.88. The molecule has 0 aliphatic rings. The van der Waals surface area contributed by atoms with Crippen molar-refractivity contribution >= 4 is 54.0 Å². The average molecular weight is 470 g/mol. The molecule has 10 heteroatoms. The molecular weight excluding hydrogens is 457 g/mol. The molecule has 6 nitrogen and oxygen atoms in total. The van der Waals surface area contributed by atoms with Gasteiger partial charge in [-0.25, -0.2) is 17.8 Å². The van der Waals surface area contributed by atoms with Crippen molar-refractivity contribution in [3.05, 3.63) is 69.9 Å². The summed E-state index contributed by atoms with van der Waals surface area (Å²) in [4.78, 5) is 16.3. The molecule has 0 aliphatic heterocycles. The summed E-state index contributed by atoms with van der Waals surface area (Å²) >= 11 is 4.21. The van der Waals surface area contributed by atoms with Crippen LogP contribution in [-0.2, 0) is 21.2 Å². The molecule has 1 heterocycles. The Labute approximate surface area is 167 Å². The molecule has 0 unspecified atom stereocenters. The molecule has 0 bridgehead atoms. The SMILES string of the molecule is O=C(Cc1csc(NS(=O)(=O)c2ccccc2)n1)Nc1ccc(Br)cc1F. The van der Waals surface area contributed by atoms with E-state index in [1.807, 2.05) is 0 Å². The number of hydrogen-bond acceptors (Lipinski definition) is 5. The van der Waals surface area contributed by atoms with E-state index in [2.05, 4.69) is 31.0 Å². The highest BCUT2D eigenvalue weighted by Gasteiger charge is 2.16. The third-order valence-corrected chi connectivity index (χ3v) is 6.16. The molecule has 2 aromatic carbocycles. The Bertz CT molecular complexity index is 1070. The first-order chi connectivity index (χ1) is 12.8. The van der Waals surface area contributed by atoms with E-state index in [0.29, 0.717) is 10.2 Å². The molecule has 1 aromatic heterocycles. The van der Waals surface area contributed by atoms with Crippen molar-refractivity contribution in [1.82, 2.24) is 4.98 Å². The van der Waals surface area contributed by atoms with Crippen molar-refractivity contribution in [3.8, 4) is 0 Å². The highest BCUT2D eigenvalue weighted by molar-refractivity contribution is 9.10. The van der Waals surface area contributed by atoms with Gasteiger partial charge in [0.15, 0.2) is 5.13 Å². The molecule has 0 spiro atoms. The Hall–Kier alpha value is -2.30. The van der Waals surface area contributed by atoms with Crippen molar-refractivity contribution in [2.24, 2.45) is 0 Å². The lowest BCUT2D eigenvalue weighted by Gasteiger charge is -2.06. The van der Waals surface area contributed by atoms with Crippen molar-refractivity contribution < 1.29 is 17.6 Å². The lowest BCUT2D eigenvalue weighted by atomic mass is 10.2. The maximum Gasteiger partial charge on any atom is 0.263 e. The van der Waals surface area contributed by atoms with Crippen molar-refractivity contribution in [3.63, 3.8) is 0 Å². The lowest BCUT2D eigenvalue weighted by molar-refractivity contribution is -0.115. The van der Waals surface area contributed by atoms with Gasteiger partial charge in [-0.2, -0.15) is 0 Å². The molecule has 140 valence electrons. The minimum absolute atomic E-state index is 0.0587. The summed E-state index contributed by atoms with van der Waals surface area (Å²) in [5.41, 5.74) is 0.434. The molecule has 2 N–H and O–H groups in total. The Balaban J connectivity index is 1.65. The topological polar surface area (TPSA) is 88.2 Å². The molecule has 0 atom stereocenters. The van der Waals surface area contributed by atoms with E-state index in [4.69, 9.17) is 0 Å². The van der Waals surface area contributed by atoms with E-state index in [1.54, 1.807) is 29.6 Å². The average Bonchev–Trinajstić information content (AvgIpc) is 3.04. The van der Waals surface area contributed by atoms with Crippen LogP contribution in [0.15, 0.2) is 63.3 Å². The van der Waals surface area contributed by atoms with Gasteiger partial charge in [-0.1, -0.05) is 34.1 Å². The number of anilines is 2. The van der Waals surface area contributed by atoms with Crippen molar-refractivity contribution in [2.75, 3.05) is 10.0 Å². The van der Waals surface area contributed by atoms with Gasteiger partial charge >= 0.3 is 0 Å². The van der Waals surface area contributed by atoms with Crippen LogP contribution >= 0.6 is 27.3 Å².